The van der Waals surface area contributed by atoms with E-state index in [4.69, 9.17) is 26.3 Å². The molecule has 2 aromatic carbocycles. The Morgan fingerprint density at radius 1 is 0.926 bits per heavy atom. The molecule has 0 atom stereocenters. The summed E-state index contributed by atoms with van der Waals surface area (Å²) in [6, 6.07) is 8.06. The average molecular weight is 378 g/mol. The van der Waals surface area contributed by atoms with Crippen molar-refractivity contribution in [2.45, 2.75) is 27.7 Å². The Morgan fingerprint density at radius 2 is 1.63 bits per heavy atom. The van der Waals surface area contributed by atoms with E-state index in [2.05, 4.69) is 31.0 Å². The van der Waals surface area contributed by atoms with E-state index in [1.807, 2.05) is 26.0 Å². The maximum Gasteiger partial charge on any atom is 0.129 e. The first kappa shape index (κ1) is 17.7. The van der Waals surface area contributed by atoms with Gasteiger partial charge in [0.1, 0.15) is 10.9 Å². The number of pyridine rings is 1. The Hall–Kier alpha value is -2.72. The first-order valence-electron chi connectivity index (χ1n) is 8.78. The van der Waals surface area contributed by atoms with Crippen LogP contribution in [0.5, 0.6) is 5.75 Å². The summed E-state index contributed by atoms with van der Waals surface area (Å²) in [7, 11) is 1.69. The number of aromatic nitrogens is 3. The fraction of sp³-hybridized carbons (Fsp3) is 0.227. The number of ether oxygens (including phenoxy) is 1. The van der Waals surface area contributed by atoms with Gasteiger partial charge in [-0.15, -0.1) is 0 Å². The lowest BCUT2D eigenvalue weighted by molar-refractivity contribution is 0.412. The molecule has 136 valence electrons. The third-order valence-electron chi connectivity index (χ3n) is 5.13. The molecule has 0 aliphatic carbocycles. The monoisotopic (exact) mass is 377 g/mol. The van der Waals surface area contributed by atoms with Crippen LogP contribution >= 0.6 is 11.6 Å². The maximum atomic E-state index is 6.16. The van der Waals surface area contributed by atoms with Gasteiger partial charge < -0.3 is 4.74 Å². The minimum Gasteiger partial charge on any atom is -0.496 e. The summed E-state index contributed by atoms with van der Waals surface area (Å²) in [4.78, 5) is 14.0. The quantitative estimate of drug-likeness (QED) is 0.330. The molecule has 0 aliphatic heterocycles. The van der Waals surface area contributed by atoms with Crippen molar-refractivity contribution in [2.24, 2.45) is 0 Å². The van der Waals surface area contributed by atoms with Crippen molar-refractivity contribution in [3.8, 4) is 16.9 Å². The predicted octanol–water partition coefficient (Wildman–Crippen LogP) is 5.74. The van der Waals surface area contributed by atoms with Crippen molar-refractivity contribution in [3.05, 3.63) is 58.1 Å². The molecule has 0 unspecified atom stereocenters. The number of hydrogen-bond acceptors (Lipinski definition) is 4. The van der Waals surface area contributed by atoms with E-state index in [1.165, 1.54) is 0 Å². The van der Waals surface area contributed by atoms with Gasteiger partial charge in [0.2, 0.25) is 0 Å². The zero-order valence-corrected chi connectivity index (χ0v) is 16.8. The topological polar surface area (TPSA) is 47.9 Å². The van der Waals surface area contributed by atoms with E-state index in [-0.39, 0.29) is 0 Å². The van der Waals surface area contributed by atoms with Crippen LogP contribution in [-0.2, 0) is 0 Å². The molecule has 4 nitrogen and oxygen atoms in total. The van der Waals surface area contributed by atoms with Gasteiger partial charge in [-0.25, -0.2) is 15.0 Å². The number of rotatable bonds is 2. The molecule has 4 aromatic rings. The van der Waals surface area contributed by atoms with E-state index < -0.39 is 0 Å². The van der Waals surface area contributed by atoms with Crippen LogP contribution in [0.1, 0.15) is 22.5 Å². The highest BCUT2D eigenvalue weighted by atomic mass is 35.5. The lowest BCUT2D eigenvalue weighted by atomic mass is 9.92. The molecule has 0 aliphatic rings. The van der Waals surface area contributed by atoms with E-state index in [9.17, 15) is 0 Å². The minimum atomic E-state index is 0.449. The standard InChI is InChI=1S/C22H20ClN3O/c1-11-6-7-18(27-5)12(2)20(11)17-8-15-10-24-19(23)9-16(15)21-22(17)26-14(4)13(3)25-21/h6-10H,1-5H3. The number of halogens is 1. The molecule has 27 heavy (non-hydrogen) atoms. The van der Waals surface area contributed by atoms with Crippen molar-refractivity contribution in [2.75, 3.05) is 7.11 Å². The highest BCUT2D eigenvalue weighted by Crippen LogP contribution is 2.39. The zero-order valence-electron chi connectivity index (χ0n) is 16.0. The molecule has 2 heterocycles. The summed E-state index contributed by atoms with van der Waals surface area (Å²) in [5.74, 6) is 0.856. The smallest absolute Gasteiger partial charge is 0.129 e. The van der Waals surface area contributed by atoms with Gasteiger partial charge in [0, 0.05) is 22.5 Å². The fourth-order valence-corrected chi connectivity index (χ4v) is 3.78. The van der Waals surface area contributed by atoms with Crippen molar-refractivity contribution in [1.82, 2.24) is 15.0 Å². The number of aryl methyl sites for hydroxylation is 3. The van der Waals surface area contributed by atoms with E-state index in [1.54, 1.807) is 13.3 Å². The second-order valence-corrected chi connectivity index (χ2v) is 7.22. The molecule has 0 spiro atoms. The molecular weight excluding hydrogens is 358 g/mol. The van der Waals surface area contributed by atoms with Gasteiger partial charge in [0.05, 0.1) is 29.5 Å². The molecule has 0 N–H and O–H groups in total. The molecule has 4 rings (SSSR count). The first-order valence-corrected chi connectivity index (χ1v) is 9.16. The maximum absolute atomic E-state index is 6.16. The summed E-state index contributed by atoms with van der Waals surface area (Å²) in [5, 5.41) is 2.40. The van der Waals surface area contributed by atoms with Gasteiger partial charge in [-0.2, -0.15) is 0 Å². The summed E-state index contributed by atoms with van der Waals surface area (Å²) < 4.78 is 5.55. The highest BCUT2D eigenvalue weighted by molar-refractivity contribution is 6.30. The van der Waals surface area contributed by atoms with Crippen molar-refractivity contribution >= 4 is 33.4 Å². The summed E-state index contributed by atoms with van der Waals surface area (Å²) in [6.45, 7) is 8.14. The molecule has 5 heteroatoms. The summed E-state index contributed by atoms with van der Waals surface area (Å²) in [6.07, 6.45) is 1.79. The third-order valence-corrected chi connectivity index (χ3v) is 5.34. The van der Waals surface area contributed by atoms with Crippen LogP contribution in [0.25, 0.3) is 32.9 Å². The van der Waals surface area contributed by atoms with Gasteiger partial charge in [-0.3, -0.25) is 0 Å². The van der Waals surface area contributed by atoms with Crippen LogP contribution < -0.4 is 4.74 Å². The molecule has 0 bridgehead atoms. The largest absolute Gasteiger partial charge is 0.496 e. The fourth-order valence-electron chi connectivity index (χ4n) is 3.62. The number of fused-ring (bicyclic) bond motifs is 3. The van der Waals surface area contributed by atoms with Crippen molar-refractivity contribution in [1.29, 1.82) is 0 Å². The lowest BCUT2D eigenvalue weighted by Crippen LogP contribution is -1.99. The van der Waals surface area contributed by atoms with Crippen molar-refractivity contribution < 1.29 is 4.74 Å². The Morgan fingerprint density at radius 3 is 2.33 bits per heavy atom. The molecular formula is C22H20ClN3O. The number of nitrogens with zero attached hydrogens (tertiary/aromatic N) is 3. The second-order valence-electron chi connectivity index (χ2n) is 6.83. The Labute approximate surface area is 163 Å². The van der Waals surface area contributed by atoms with Gasteiger partial charge in [-0.1, -0.05) is 17.7 Å². The van der Waals surface area contributed by atoms with Gasteiger partial charge in [-0.05, 0) is 62.6 Å². The normalized spacial score (nSPS) is 11.3. The van der Waals surface area contributed by atoms with E-state index in [0.717, 1.165) is 61.2 Å². The molecule has 0 radical (unpaired) electrons. The van der Waals surface area contributed by atoms with Crippen LogP contribution in [0.3, 0.4) is 0 Å². The second kappa shape index (κ2) is 6.46. The molecule has 0 amide bonds. The highest BCUT2D eigenvalue weighted by Gasteiger charge is 2.18. The zero-order chi connectivity index (χ0) is 19.3. The van der Waals surface area contributed by atoms with Crippen LogP contribution in [0.4, 0.5) is 0 Å². The number of methoxy groups -OCH3 is 1. The SMILES string of the molecule is COc1ccc(C)c(-c2cc3cnc(Cl)cc3c3nc(C)c(C)nc23)c1C. The number of hydrogen-bond donors (Lipinski definition) is 0. The summed E-state index contributed by atoms with van der Waals surface area (Å²) in [5.41, 5.74) is 7.94. The lowest BCUT2D eigenvalue weighted by Gasteiger charge is -2.17. The first-order chi connectivity index (χ1) is 12.9. The van der Waals surface area contributed by atoms with Crippen LogP contribution in [0, 0.1) is 27.7 Å². The summed E-state index contributed by atoms with van der Waals surface area (Å²) >= 11 is 6.16. The predicted molar refractivity (Wildman–Crippen MR) is 111 cm³/mol. The van der Waals surface area contributed by atoms with Gasteiger partial charge in [0.15, 0.2) is 0 Å². The Bertz CT molecular complexity index is 1220. The van der Waals surface area contributed by atoms with Crippen molar-refractivity contribution in [3.63, 3.8) is 0 Å². The Balaban J connectivity index is 2.22. The van der Waals surface area contributed by atoms with E-state index in [0.29, 0.717) is 5.15 Å². The minimum absolute atomic E-state index is 0.449. The van der Waals surface area contributed by atoms with E-state index >= 15 is 0 Å². The van der Waals surface area contributed by atoms with Gasteiger partial charge >= 0.3 is 0 Å². The Kier molecular flexibility index (Phi) is 4.23. The third kappa shape index (κ3) is 2.81. The molecule has 0 fully saturated rings. The average Bonchev–Trinajstić information content (AvgIpc) is 2.64. The van der Waals surface area contributed by atoms with Crippen LogP contribution in [0.15, 0.2) is 30.5 Å². The molecule has 0 saturated heterocycles. The molecule has 0 saturated carbocycles. The van der Waals surface area contributed by atoms with Gasteiger partial charge in [0.25, 0.3) is 0 Å². The van der Waals surface area contributed by atoms with Crippen LogP contribution in [-0.4, -0.2) is 22.1 Å². The molecule has 2 aromatic heterocycles. The van der Waals surface area contributed by atoms with Crippen LogP contribution in [0.2, 0.25) is 5.15 Å². The number of benzene rings is 2.